The van der Waals surface area contributed by atoms with E-state index in [4.69, 9.17) is 9.84 Å². The Labute approximate surface area is 114 Å². The van der Waals surface area contributed by atoms with E-state index < -0.39 is 11.9 Å². The fraction of sp³-hybridized carbons (Fsp3) is 0.538. The van der Waals surface area contributed by atoms with E-state index in [2.05, 4.69) is 0 Å². The maximum absolute atomic E-state index is 12.2. The van der Waals surface area contributed by atoms with E-state index in [1.165, 1.54) is 0 Å². The lowest BCUT2D eigenvalue weighted by Crippen LogP contribution is -2.43. The molecule has 1 amide bonds. The molecule has 0 radical (unpaired) electrons. The van der Waals surface area contributed by atoms with Gasteiger partial charge in [0.15, 0.2) is 0 Å². The normalized spacial score (nSPS) is 30.1. The summed E-state index contributed by atoms with van der Waals surface area (Å²) in [6, 6.07) is 3.96. The second-order valence-corrected chi connectivity index (χ2v) is 5.93. The summed E-state index contributed by atoms with van der Waals surface area (Å²) in [6.07, 6.45) is 0.412. The first-order valence-corrected chi connectivity index (χ1v) is 7.21. The fourth-order valence-corrected chi connectivity index (χ4v) is 3.24. The van der Waals surface area contributed by atoms with Crippen LogP contribution in [-0.4, -0.2) is 41.6 Å². The summed E-state index contributed by atoms with van der Waals surface area (Å²) in [6.45, 7) is 1.60. The van der Waals surface area contributed by atoms with Crippen LogP contribution < -0.4 is 0 Å². The Morgan fingerprint density at radius 1 is 1.42 bits per heavy atom. The van der Waals surface area contributed by atoms with Gasteiger partial charge in [-0.15, -0.1) is 11.3 Å². The molecule has 102 valence electrons. The van der Waals surface area contributed by atoms with Crippen molar-refractivity contribution in [3.8, 4) is 0 Å². The molecule has 1 saturated heterocycles. The number of nitrogens with zero attached hydrogens (tertiary/aromatic N) is 1. The molecule has 3 unspecified atom stereocenters. The first-order chi connectivity index (χ1) is 9.16. The zero-order chi connectivity index (χ0) is 13.4. The van der Waals surface area contributed by atoms with Gasteiger partial charge in [0.25, 0.3) is 0 Å². The van der Waals surface area contributed by atoms with Crippen molar-refractivity contribution in [2.24, 2.45) is 11.8 Å². The van der Waals surface area contributed by atoms with Crippen LogP contribution in [0.3, 0.4) is 0 Å². The third-order valence-electron chi connectivity index (χ3n) is 3.66. The van der Waals surface area contributed by atoms with Crippen LogP contribution >= 0.6 is 11.3 Å². The highest BCUT2D eigenvalue weighted by Crippen LogP contribution is 2.41. The molecule has 3 rings (SSSR count). The summed E-state index contributed by atoms with van der Waals surface area (Å²) in [4.78, 5) is 25.9. The molecule has 1 saturated carbocycles. The standard InChI is InChI=1S/C13H15NO4S/c15-12(8-6-9(8)13(16)17)14-3-4-18-10(7-14)11-2-1-5-19-11/h1-2,5,8-10H,3-4,6-7H2,(H,16,17). The van der Waals surface area contributed by atoms with Crippen molar-refractivity contribution in [3.63, 3.8) is 0 Å². The van der Waals surface area contributed by atoms with Gasteiger partial charge in [-0.25, -0.2) is 0 Å². The first kappa shape index (κ1) is 12.6. The average molecular weight is 281 g/mol. The van der Waals surface area contributed by atoms with Crippen LogP contribution in [0.25, 0.3) is 0 Å². The zero-order valence-electron chi connectivity index (χ0n) is 10.3. The van der Waals surface area contributed by atoms with Crippen molar-refractivity contribution in [2.45, 2.75) is 12.5 Å². The molecule has 1 aliphatic carbocycles. The van der Waals surface area contributed by atoms with Crippen LogP contribution in [0.4, 0.5) is 0 Å². The number of carbonyl (C=O) groups excluding carboxylic acids is 1. The van der Waals surface area contributed by atoms with Gasteiger partial charge in [-0.05, 0) is 17.9 Å². The third kappa shape index (κ3) is 2.50. The van der Waals surface area contributed by atoms with E-state index in [0.29, 0.717) is 26.1 Å². The number of morpholine rings is 1. The number of carbonyl (C=O) groups is 2. The summed E-state index contributed by atoms with van der Waals surface area (Å²) < 4.78 is 5.68. The van der Waals surface area contributed by atoms with E-state index in [1.807, 2.05) is 17.5 Å². The molecule has 0 bridgehead atoms. The smallest absolute Gasteiger partial charge is 0.307 e. The van der Waals surface area contributed by atoms with Crippen LogP contribution in [-0.2, 0) is 14.3 Å². The van der Waals surface area contributed by atoms with E-state index in [0.717, 1.165) is 4.88 Å². The quantitative estimate of drug-likeness (QED) is 0.908. The molecule has 1 aliphatic heterocycles. The molecule has 0 spiro atoms. The van der Waals surface area contributed by atoms with Crippen molar-refractivity contribution in [3.05, 3.63) is 22.4 Å². The topological polar surface area (TPSA) is 66.8 Å². The minimum absolute atomic E-state index is 0.0303. The Hall–Kier alpha value is -1.40. The number of carboxylic acid groups (broad SMARTS) is 1. The van der Waals surface area contributed by atoms with Crippen molar-refractivity contribution < 1.29 is 19.4 Å². The molecule has 1 aromatic rings. The molecule has 1 aromatic heterocycles. The lowest BCUT2D eigenvalue weighted by Gasteiger charge is -2.32. The summed E-state index contributed by atoms with van der Waals surface area (Å²) in [7, 11) is 0. The highest BCUT2D eigenvalue weighted by Gasteiger charge is 2.50. The maximum Gasteiger partial charge on any atom is 0.307 e. The van der Waals surface area contributed by atoms with E-state index >= 15 is 0 Å². The minimum Gasteiger partial charge on any atom is -0.481 e. The molecule has 2 heterocycles. The average Bonchev–Trinajstić information content (AvgIpc) is 3.04. The number of thiophene rings is 1. The lowest BCUT2D eigenvalue weighted by atomic mass is 10.2. The molecule has 0 aromatic carbocycles. The van der Waals surface area contributed by atoms with Crippen molar-refractivity contribution in [1.29, 1.82) is 0 Å². The van der Waals surface area contributed by atoms with Gasteiger partial charge >= 0.3 is 5.97 Å². The second kappa shape index (κ2) is 4.94. The van der Waals surface area contributed by atoms with Crippen molar-refractivity contribution >= 4 is 23.2 Å². The Morgan fingerprint density at radius 2 is 2.26 bits per heavy atom. The monoisotopic (exact) mass is 281 g/mol. The first-order valence-electron chi connectivity index (χ1n) is 6.33. The highest BCUT2D eigenvalue weighted by atomic mass is 32.1. The molecule has 2 fully saturated rings. The molecule has 1 N–H and O–H groups in total. The minimum atomic E-state index is -0.860. The van der Waals surface area contributed by atoms with E-state index in [9.17, 15) is 9.59 Å². The number of rotatable bonds is 3. The largest absolute Gasteiger partial charge is 0.481 e. The lowest BCUT2D eigenvalue weighted by molar-refractivity contribution is -0.145. The molecule has 2 aliphatic rings. The molecule has 19 heavy (non-hydrogen) atoms. The van der Waals surface area contributed by atoms with Gasteiger partial charge in [0, 0.05) is 11.4 Å². The van der Waals surface area contributed by atoms with E-state index in [-0.39, 0.29) is 17.9 Å². The van der Waals surface area contributed by atoms with Gasteiger partial charge < -0.3 is 14.7 Å². The molecular formula is C13H15NO4S. The highest BCUT2D eigenvalue weighted by molar-refractivity contribution is 7.10. The second-order valence-electron chi connectivity index (χ2n) is 4.95. The Morgan fingerprint density at radius 3 is 2.89 bits per heavy atom. The van der Waals surface area contributed by atoms with Crippen molar-refractivity contribution in [2.75, 3.05) is 19.7 Å². The number of ether oxygens (including phenoxy) is 1. The number of hydrogen-bond donors (Lipinski definition) is 1. The van der Waals surface area contributed by atoms with Gasteiger partial charge in [-0.3, -0.25) is 9.59 Å². The van der Waals surface area contributed by atoms with Gasteiger partial charge in [0.05, 0.1) is 25.0 Å². The number of hydrogen-bond acceptors (Lipinski definition) is 4. The maximum atomic E-state index is 12.2. The summed E-state index contributed by atoms with van der Waals surface area (Å²) in [5, 5.41) is 10.9. The van der Waals surface area contributed by atoms with Gasteiger partial charge in [0.1, 0.15) is 6.10 Å². The van der Waals surface area contributed by atoms with Gasteiger partial charge in [-0.2, -0.15) is 0 Å². The molecule has 6 heteroatoms. The number of carboxylic acids is 1. The fourth-order valence-electron chi connectivity index (χ4n) is 2.47. The third-order valence-corrected chi connectivity index (χ3v) is 4.63. The van der Waals surface area contributed by atoms with Gasteiger partial charge in [-0.1, -0.05) is 6.07 Å². The molecule has 5 nitrogen and oxygen atoms in total. The zero-order valence-corrected chi connectivity index (χ0v) is 11.1. The van der Waals surface area contributed by atoms with Crippen LogP contribution in [0.5, 0.6) is 0 Å². The Kier molecular flexibility index (Phi) is 3.28. The summed E-state index contributed by atoms with van der Waals surface area (Å²) >= 11 is 1.62. The molecular weight excluding hydrogens is 266 g/mol. The predicted octanol–water partition coefficient (Wildman–Crippen LogP) is 1.37. The number of aliphatic carboxylic acids is 1. The Bertz CT molecular complexity index is 487. The summed E-state index contributed by atoms with van der Waals surface area (Å²) in [5.74, 6) is -1.69. The van der Waals surface area contributed by atoms with Crippen LogP contribution in [0.1, 0.15) is 17.4 Å². The summed E-state index contributed by atoms with van der Waals surface area (Å²) in [5.41, 5.74) is 0. The van der Waals surface area contributed by atoms with E-state index in [1.54, 1.807) is 16.2 Å². The van der Waals surface area contributed by atoms with Crippen molar-refractivity contribution in [1.82, 2.24) is 4.90 Å². The molecule has 3 atom stereocenters. The van der Waals surface area contributed by atoms with Crippen LogP contribution in [0.15, 0.2) is 17.5 Å². The van der Waals surface area contributed by atoms with Crippen LogP contribution in [0.2, 0.25) is 0 Å². The SMILES string of the molecule is O=C(O)C1CC1C(=O)N1CCOC(c2cccs2)C1. The van der Waals surface area contributed by atoms with Gasteiger partial charge in [0.2, 0.25) is 5.91 Å². The Balaban J connectivity index is 1.63. The predicted molar refractivity (Wildman–Crippen MR) is 68.8 cm³/mol. The number of amides is 1. The van der Waals surface area contributed by atoms with Crippen LogP contribution in [0, 0.1) is 11.8 Å².